The first kappa shape index (κ1) is 14.1. The van der Waals surface area contributed by atoms with E-state index in [1.54, 1.807) is 7.11 Å². The lowest BCUT2D eigenvalue weighted by Gasteiger charge is -2.22. The van der Waals surface area contributed by atoms with E-state index >= 15 is 0 Å². The van der Waals surface area contributed by atoms with Crippen LogP contribution in [-0.2, 0) is 0 Å². The maximum absolute atomic E-state index is 5.97. The van der Waals surface area contributed by atoms with Crippen LogP contribution in [-0.4, -0.2) is 19.7 Å². The first-order valence-electron chi connectivity index (χ1n) is 7.49. The van der Waals surface area contributed by atoms with Crippen molar-refractivity contribution in [2.24, 2.45) is 5.73 Å². The van der Waals surface area contributed by atoms with Gasteiger partial charge in [-0.3, -0.25) is 0 Å². The summed E-state index contributed by atoms with van der Waals surface area (Å²) < 4.78 is 5.27. The Morgan fingerprint density at radius 2 is 1.86 bits per heavy atom. The summed E-state index contributed by atoms with van der Waals surface area (Å²) in [5.41, 5.74) is 7.22. The third-order valence-electron chi connectivity index (χ3n) is 4.15. The zero-order chi connectivity index (χ0) is 14.7. The van der Waals surface area contributed by atoms with Gasteiger partial charge in [0, 0.05) is 18.6 Å². The molecule has 0 fully saturated rings. The number of benzene rings is 2. The van der Waals surface area contributed by atoms with Gasteiger partial charge in [-0.2, -0.15) is 0 Å². The number of nitrogens with two attached hydrogens (primary N) is 1. The zero-order valence-corrected chi connectivity index (χ0v) is 12.4. The lowest BCUT2D eigenvalue weighted by Crippen LogP contribution is -2.35. The van der Waals surface area contributed by atoms with Crippen molar-refractivity contribution >= 4 is 10.8 Å². The SMILES string of the molecule is COc1ccc2cc(C(CN)NC3CC=CC3)ccc2c1. The van der Waals surface area contributed by atoms with Crippen LogP contribution in [0.4, 0.5) is 0 Å². The molecule has 3 N–H and O–H groups in total. The molecule has 21 heavy (non-hydrogen) atoms. The van der Waals surface area contributed by atoms with E-state index in [2.05, 4.69) is 47.8 Å². The van der Waals surface area contributed by atoms with Crippen molar-refractivity contribution in [1.82, 2.24) is 5.32 Å². The molecule has 1 unspecified atom stereocenters. The molecule has 0 saturated heterocycles. The summed E-state index contributed by atoms with van der Waals surface area (Å²) in [6, 6.07) is 13.4. The molecule has 3 nitrogen and oxygen atoms in total. The van der Waals surface area contributed by atoms with Crippen molar-refractivity contribution in [3.8, 4) is 5.75 Å². The Kier molecular flexibility index (Phi) is 4.23. The molecule has 3 heteroatoms. The maximum Gasteiger partial charge on any atom is 0.119 e. The van der Waals surface area contributed by atoms with Crippen molar-refractivity contribution in [3.63, 3.8) is 0 Å². The summed E-state index contributed by atoms with van der Waals surface area (Å²) >= 11 is 0. The van der Waals surface area contributed by atoms with Gasteiger partial charge in [0.25, 0.3) is 0 Å². The van der Waals surface area contributed by atoms with Crippen LogP contribution in [0.5, 0.6) is 5.75 Å². The quantitative estimate of drug-likeness (QED) is 0.828. The molecule has 0 aliphatic heterocycles. The van der Waals surface area contributed by atoms with Crippen LogP contribution in [0.15, 0.2) is 48.6 Å². The molecule has 0 heterocycles. The molecule has 1 atom stereocenters. The van der Waals surface area contributed by atoms with Gasteiger partial charge >= 0.3 is 0 Å². The molecule has 2 aromatic rings. The summed E-state index contributed by atoms with van der Waals surface area (Å²) in [7, 11) is 1.69. The Hall–Kier alpha value is -1.84. The highest BCUT2D eigenvalue weighted by molar-refractivity contribution is 5.84. The second-order valence-corrected chi connectivity index (χ2v) is 5.57. The van der Waals surface area contributed by atoms with Gasteiger partial charge in [0.15, 0.2) is 0 Å². The van der Waals surface area contributed by atoms with Crippen LogP contribution in [0, 0.1) is 0 Å². The summed E-state index contributed by atoms with van der Waals surface area (Å²) in [6.07, 6.45) is 6.67. The molecule has 0 radical (unpaired) electrons. The number of methoxy groups -OCH3 is 1. The molecular formula is C18H22N2O. The molecule has 0 amide bonds. The van der Waals surface area contributed by atoms with Crippen LogP contribution >= 0.6 is 0 Å². The Morgan fingerprint density at radius 1 is 1.14 bits per heavy atom. The van der Waals surface area contributed by atoms with Gasteiger partial charge in [0.1, 0.15) is 5.75 Å². The van der Waals surface area contributed by atoms with E-state index in [-0.39, 0.29) is 6.04 Å². The average Bonchev–Trinajstić information content (AvgIpc) is 3.04. The van der Waals surface area contributed by atoms with Crippen molar-refractivity contribution in [2.45, 2.75) is 24.9 Å². The number of hydrogen-bond acceptors (Lipinski definition) is 3. The Morgan fingerprint density at radius 3 is 2.57 bits per heavy atom. The van der Waals surface area contributed by atoms with Gasteiger partial charge in [0.05, 0.1) is 7.11 Å². The lowest BCUT2D eigenvalue weighted by molar-refractivity contribution is 0.415. The summed E-state index contributed by atoms with van der Waals surface area (Å²) in [5.74, 6) is 0.890. The minimum Gasteiger partial charge on any atom is -0.497 e. The fourth-order valence-electron chi connectivity index (χ4n) is 2.92. The van der Waals surface area contributed by atoms with E-state index in [4.69, 9.17) is 10.5 Å². The molecule has 3 rings (SSSR count). The van der Waals surface area contributed by atoms with Gasteiger partial charge in [-0.1, -0.05) is 30.4 Å². The molecule has 0 aromatic heterocycles. The summed E-state index contributed by atoms with van der Waals surface area (Å²) in [5, 5.41) is 6.07. The Balaban J connectivity index is 1.84. The van der Waals surface area contributed by atoms with E-state index < -0.39 is 0 Å². The van der Waals surface area contributed by atoms with Crippen LogP contribution in [0.3, 0.4) is 0 Å². The predicted octanol–water partition coefficient (Wildman–Crippen LogP) is 3.16. The molecule has 0 bridgehead atoms. The van der Waals surface area contributed by atoms with Crippen molar-refractivity contribution in [1.29, 1.82) is 0 Å². The van der Waals surface area contributed by atoms with Crippen molar-refractivity contribution < 1.29 is 4.74 Å². The van der Waals surface area contributed by atoms with E-state index in [0.717, 1.165) is 18.6 Å². The Bertz CT molecular complexity index is 643. The molecule has 1 aliphatic rings. The number of ether oxygens (including phenoxy) is 1. The topological polar surface area (TPSA) is 47.3 Å². The number of rotatable bonds is 5. The van der Waals surface area contributed by atoms with Gasteiger partial charge in [-0.05, 0) is 47.4 Å². The molecule has 110 valence electrons. The highest BCUT2D eigenvalue weighted by Crippen LogP contribution is 2.25. The number of hydrogen-bond donors (Lipinski definition) is 2. The van der Waals surface area contributed by atoms with Crippen LogP contribution in [0.25, 0.3) is 10.8 Å². The molecule has 2 aromatic carbocycles. The predicted molar refractivity (Wildman–Crippen MR) is 87.6 cm³/mol. The standard InChI is InChI=1S/C18H22N2O/c1-21-17-9-8-13-10-15(7-6-14(13)11-17)18(12-19)20-16-4-2-3-5-16/h2-3,6-11,16,18,20H,4-5,12,19H2,1H3. The monoisotopic (exact) mass is 282 g/mol. The lowest BCUT2D eigenvalue weighted by atomic mass is 10.0. The summed E-state index contributed by atoms with van der Waals surface area (Å²) in [6.45, 7) is 0.609. The normalized spacial score (nSPS) is 16.5. The minimum atomic E-state index is 0.210. The van der Waals surface area contributed by atoms with Crippen molar-refractivity contribution in [2.75, 3.05) is 13.7 Å². The fourth-order valence-corrected chi connectivity index (χ4v) is 2.92. The maximum atomic E-state index is 5.97. The van der Waals surface area contributed by atoms with E-state index in [1.165, 1.54) is 16.3 Å². The van der Waals surface area contributed by atoms with Gasteiger partial charge in [-0.25, -0.2) is 0 Å². The number of fused-ring (bicyclic) bond motifs is 1. The average molecular weight is 282 g/mol. The highest BCUT2D eigenvalue weighted by Gasteiger charge is 2.16. The highest BCUT2D eigenvalue weighted by atomic mass is 16.5. The van der Waals surface area contributed by atoms with Gasteiger partial charge in [-0.15, -0.1) is 0 Å². The van der Waals surface area contributed by atoms with Gasteiger partial charge in [0.2, 0.25) is 0 Å². The minimum absolute atomic E-state index is 0.210. The third-order valence-corrected chi connectivity index (χ3v) is 4.15. The Labute approximate surface area is 125 Å². The van der Waals surface area contributed by atoms with E-state index in [0.29, 0.717) is 12.6 Å². The summed E-state index contributed by atoms with van der Waals surface area (Å²) in [4.78, 5) is 0. The fraction of sp³-hybridized carbons (Fsp3) is 0.333. The van der Waals surface area contributed by atoms with E-state index in [1.807, 2.05) is 6.07 Å². The molecule has 0 spiro atoms. The van der Waals surface area contributed by atoms with Crippen molar-refractivity contribution in [3.05, 3.63) is 54.1 Å². The molecular weight excluding hydrogens is 260 g/mol. The second kappa shape index (κ2) is 6.29. The number of nitrogens with one attached hydrogen (secondary N) is 1. The largest absolute Gasteiger partial charge is 0.497 e. The van der Waals surface area contributed by atoms with Crippen LogP contribution in [0.2, 0.25) is 0 Å². The van der Waals surface area contributed by atoms with E-state index in [9.17, 15) is 0 Å². The zero-order valence-electron chi connectivity index (χ0n) is 12.4. The first-order chi connectivity index (χ1) is 10.3. The van der Waals surface area contributed by atoms with Gasteiger partial charge < -0.3 is 15.8 Å². The first-order valence-corrected chi connectivity index (χ1v) is 7.49. The second-order valence-electron chi connectivity index (χ2n) is 5.57. The molecule has 1 aliphatic carbocycles. The third kappa shape index (κ3) is 3.09. The van der Waals surface area contributed by atoms with Crippen LogP contribution in [0.1, 0.15) is 24.4 Å². The smallest absolute Gasteiger partial charge is 0.119 e. The molecule has 0 saturated carbocycles. The van der Waals surface area contributed by atoms with Crippen LogP contribution < -0.4 is 15.8 Å².